The maximum atomic E-state index is 12.3. The number of carbonyl (C=O) groups excluding carboxylic acids is 1. The van der Waals surface area contributed by atoms with Crippen molar-refractivity contribution < 1.29 is 14.3 Å². The van der Waals surface area contributed by atoms with E-state index in [1.807, 2.05) is 65.0 Å². The number of fused-ring (bicyclic) bond motifs is 1. The van der Waals surface area contributed by atoms with Crippen LogP contribution in [0.3, 0.4) is 0 Å². The average molecular weight is 477 g/mol. The number of nitriles is 1. The van der Waals surface area contributed by atoms with Gasteiger partial charge in [0.05, 0.1) is 17.7 Å². The molecule has 7 nitrogen and oxygen atoms in total. The number of benzene rings is 2. The van der Waals surface area contributed by atoms with E-state index in [0.29, 0.717) is 17.1 Å². The van der Waals surface area contributed by atoms with Gasteiger partial charge in [0.1, 0.15) is 22.4 Å². The van der Waals surface area contributed by atoms with Crippen molar-refractivity contribution in [3.8, 4) is 33.8 Å². The fourth-order valence-corrected chi connectivity index (χ4v) is 4.69. The number of alkyl carbamates (subject to hydrolysis) is 1. The molecule has 1 aromatic heterocycles. The van der Waals surface area contributed by atoms with Gasteiger partial charge in [-0.2, -0.15) is 9.64 Å². The second kappa shape index (κ2) is 9.43. The van der Waals surface area contributed by atoms with Crippen LogP contribution in [0.2, 0.25) is 0 Å². The molecule has 0 aliphatic heterocycles. The molecular formula is C26H28N4O3S. The normalized spacial score (nSPS) is 15.0. The van der Waals surface area contributed by atoms with Crippen molar-refractivity contribution in [1.82, 2.24) is 14.7 Å². The maximum Gasteiger partial charge on any atom is 0.408 e. The smallest absolute Gasteiger partial charge is 0.408 e. The molecule has 176 valence electrons. The molecule has 1 heterocycles. The first-order valence-electron chi connectivity index (χ1n) is 11.3. The molecule has 0 spiro atoms. The first-order chi connectivity index (χ1) is 16.1. The van der Waals surface area contributed by atoms with Crippen LogP contribution in [0.15, 0.2) is 36.4 Å². The molecule has 0 unspecified atom stereocenters. The molecular weight excluding hydrogens is 448 g/mol. The van der Waals surface area contributed by atoms with Gasteiger partial charge in [0.25, 0.3) is 0 Å². The van der Waals surface area contributed by atoms with Gasteiger partial charge in [-0.25, -0.2) is 9.78 Å². The van der Waals surface area contributed by atoms with E-state index in [4.69, 9.17) is 14.5 Å². The molecule has 0 saturated carbocycles. The van der Waals surface area contributed by atoms with Gasteiger partial charge in [-0.15, -0.1) is 0 Å². The third kappa shape index (κ3) is 5.20. The zero-order valence-corrected chi connectivity index (χ0v) is 20.8. The predicted octanol–water partition coefficient (Wildman–Crippen LogP) is 6.04. The van der Waals surface area contributed by atoms with Gasteiger partial charge < -0.3 is 14.8 Å². The molecule has 1 atom stereocenters. The van der Waals surface area contributed by atoms with Gasteiger partial charge in [-0.05, 0) is 88.3 Å². The zero-order chi connectivity index (χ0) is 24.5. The highest BCUT2D eigenvalue weighted by Crippen LogP contribution is 2.38. The summed E-state index contributed by atoms with van der Waals surface area (Å²) in [7, 11) is 0. The van der Waals surface area contributed by atoms with Crippen LogP contribution >= 0.6 is 11.5 Å². The van der Waals surface area contributed by atoms with Gasteiger partial charge in [0, 0.05) is 11.1 Å². The van der Waals surface area contributed by atoms with E-state index < -0.39 is 11.7 Å². The van der Waals surface area contributed by atoms with Crippen LogP contribution in [0.4, 0.5) is 4.79 Å². The third-order valence-electron chi connectivity index (χ3n) is 5.34. The Balaban J connectivity index is 1.58. The number of carbonyl (C=O) groups is 1. The molecule has 3 aromatic rings. The highest BCUT2D eigenvalue weighted by atomic mass is 32.1. The fraction of sp³-hybridized carbons (Fsp3) is 0.385. The molecule has 0 saturated heterocycles. The van der Waals surface area contributed by atoms with Gasteiger partial charge in [0.15, 0.2) is 5.82 Å². The minimum Gasteiger partial charge on any atom is -0.490 e. The number of hydrogen-bond donors (Lipinski definition) is 1. The van der Waals surface area contributed by atoms with Crippen molar-refractivity contribution in [2.45, 2.75) is 65.2 Å². The molecule has 2 aromatic carbocycles. The van der Waals surface area contributed by atoms with E-state index in [1.165, 1.54) is 11.5 Å². The number of amides is 1. The van der Waals surface area contributed by atoms with E-state index in [2.05, 4.69) is 15.8 Å². The predicted molar refractivity (Wildman–Crippen MR) is 132 cm³/mol. The molecule has 1 aliphatic carbocycles. The number of aromatic nitrogens is 2. The SMILES string of the molecule is CC(C)Oc1ccc(-c2nc(-c3cccc4c3CC[C@@H]4NC(=O)OC(C)(C)C)ns2)cc1C#N. The second-order valence-corrected chi connectivity index (χ2v) is 10.3. The highest BCUT2D eigenvalue weighted by Gasteiger charge is 2.29. The summed E-state index contributed by atoms with van der Waals surface area (Å²) in [6.45, 7) is 9.41. The summed E-state index contributed by atoms with van der Waals surface area (Å²) >= 11 is 1.30. The number of ether oxygens (including phenoxy) is 2. The van der Waals surface area contributed by atoms with Crippen molar-refractivity contribution in [3.63, 3.8) is 0 Å². The van der Waals surface area contributed by atoms with Gasteiger partial charge in [0.2, 0.25) is 0 Å². The minimum absolute atomic E-state index is 0.0140. The van der Waals surface area contributed by atoms with E-state index in [-0.39, 0.29) is 12.1 Å². The van der Waals surface area contributed by atoms with Crippen molar-refractivity contribution in [1.29, 1.82) is 5.26 Å². The molecule has 0 fully saturated rings. The minimum atomic E-state index is -0.543. The van der Waals surface area contributed by atoms with Crippen molar-refractivity contribution in [3.05, 3.63) is 53.1 Å². The largest absolute Gasteiger partial charge is 0.490 e. The maximum absolute atomic E-state index is 12.3. The number of rotatable bonds is 5. The summed E-state index contributed by atoms with van der Waals surface area (Å²) in [6.07, 6.45) is 1.19. The van der Waals surface area contributed by atoms with E-state index in [9.17, 15) is 10.1 Å². The first-order valence-corrected chi connectivity index (χ1v) is 12.1. The lowest BCUT2D eigenvalue weighted by atomic mass is 10.0. The lowest BCUT2D eigenvalue weighted by Gasteiger charge is -2.22. The third-order valence-corrected chi connectivity index (χ3v) is 6.10. The lowest BCUT2D eigenvalue weighted by Crippen LogP contribution is -2.34. The Morgan fingerprint density at radius 3 is 2.76 bits per heavy atom. The Bertz CT molecular complexity index is 1250. The quantitative estimate of drug-likeness (QED) is 0.482. The Kier molecular flexibility index (Phi) is 6.58. The summed E-state index contributed by atoms with van der Waals surface area (Å²) in [6, 6.07) is 13.6. The second-order valence-electron chi connectivity index (χ2n) is 9.52. The molecule has 0 radical (unpaired) electrons. The molecule has 1 N–H and O–H groups in total. The van der Waals surface area contributed by atoms with Crippen LogP contribution in [0, 0.1) is 11.3 Å². The highest BCUT2D eigenvalue weighted by molar-refractivity contribution is 7.09. The van der Waals surface area contributed by atoms with Crippen molar-refractivity contribution >= 4 is 17.6 Å². The van der Waals surface area contributed by atoms with Gasteiger partial charge in [-0.1, -0.05) is 18.2 Å². The molecule has 4 rings (SSSR count). The molecule has 1 amide bonds. The monoisotopic (exact) mass is 476 g/mol. The lowest BCUT2D eigenvalue weighted by molar-refractivity contribution is 0.0503. The number of nitrogens with zero attached hydrogens (tertiary/aromatic N) is 3. The standard InChI is InChI=1S/C26H28N4O3S/c1-15(2)32-22-12-9-16(13-17(22)14-27)24-29-23(30-34-24)20-8-6-7-19-18(20)10-11-21(19)28-25(31)33-26(3,4)5/h6-9,12-13,15,21H,10-11H2,1-5H3,(H,28,31)/t21-/m0/s1. The van der Waals surface area contributed by atoms with Crippen molar-refractivity contribution in [2.75, 3.05) is 0 Å². The molecule has 0 bridgehead atoms. The van der Waals surface area contributed by atoms with Crippen molar-refractivity contribution in [2.24, 2.45) is 0 Å². The van der Waals surface area contributed by atoms with Gasteiger partial charge in [-0.3, -0.25) is 0 Å². The van der Waals surface area contributed by atoms with Gasteiger partial charge >= 0.3 is 6.09 Å². The Labute approximate surface area is 203 Å². The number of nitrogens with one attached hydrogen (secondary N) is 1. The van der Waals surface area contributed by atoms with E-state index >= 15 is 0 Å². The van der Waals surface area contributed by atoms with Crippen LogP contribution in [0.25, 0.3) is 22.0 Å². The number of hydrogen-bond acceptors (Lipinski definition) is 7. The zero-order valence-electron chi connectivity index (χ0n) is 20.0. The van der Waals surface area contributed by atoms with Crippen LogP contribution in [-0.2, 0) is 11.2 Å². The van der Waals surface area contributed by atoms with E-state index in [0.717, 1.165) is 40.1 Å². The van der Waals surface area contributed by atoms with Crippen LogP contribution in [0.5, 0.6) is 5.75 Å². The van der Waals surface area contributed by atoms with E-state index in [1.54, 1.807) is 6.07 Å². The Morgan fingerprint density at radius 1 is 1.26 bits per heavy atom. The Hall–Kier alpha value is -3.44. The van der Waals surface area contributed by atoms with Crippen LogP contribution < -0.4 is 10.1 Å². The van der Waals surface area contributed by atoms with Crippen LogP contribution in [0.1, 0.15) is 63.8 Å². The summed E-state index contributed by atoms with van der Waals surface area (Å²) in [5.74, 6) is 1.21. The molecule has 1 aliphatic rings. The molecule has 8 heteroatoms. The Morgan fingerprint density at radius 2 is 2.06 bits per heavy atom. The fourth-order valence-electron chi connectivity index (χ4n) is 4.02. The summed E-state index contributed by atoms with van der Waals surface area (Å²) in [5.41, 5.74) is 3.94. The first kappa shape index (κ1) is 23.7. The summed E-state index contributed by atoms with van der Waals surface area (Å²) < 4.78 is 15.8. The molecule has 34 heavy (non-hydrogen) atoms. The summed E-state index contributed by atoms with van der Waals surface area (Å²) in [4.78, 5) is 17.1. The topological polar surface area (TPSA) is 97.1 Å². The summed E-state index contributed by atoms with van der Waals surface area (Å²) in [5, 5.41) is 13.3. The van der Waals surface area contributed by atoms with Crippen LogP contribution in [-0.4, -0.2) is 27.2 Å². The average Bonchev–Trinajstić information content (AvgIpc) is 3.40.